The molecule has 3 aromatic rings. The highest BCUT2D eigenvalue weighted by atomic mass is 16.2. The third-order valence-electron chi connectivity index (χ3n) is 6.46. The van der Waals surface area contributed by atoms with Gasteiger partial charge in [-0.2, -0.15) is 0 Å². The van der Waals surface area contributed by atoms with Gasteiger partial charge in [0.1, 0.15) is 6.54 Å². The van der Waals surface area contributed by atoms with Crippen molar-refractivity contribution in [3.8, 4) is 11.3 Å². The van der Waals surface area contributed by atoms with Crippen molar-refractivity contribution < 1.29 is 9.59 Å². The van der Waals surface area contributed by atoms with E-state index < -0.39 is 0 Å². The summed E-state index contributed by atoms with van der Waals surface area (Å²) < 4.78 is 0. The van der Waals surface area contributed by atoms with Crippen molar-refractivity contribution in [2.24, 2.45) is 5.92 Å². The molecular formula is C27H29N5O2. The summed E-state index contributed by atoms with van der Waals surface area (Å²) in [7, 11) is 0. The molecule has 0 unspecified atom stereocenters. The number of hydrogen-bond donors (Lipinski definition) is 0. The second-order valence-electron chi connectivity index (χ2n) is 8.96. The predicted octanol–water partition coefficient (Wildman–Crippen LogP) is 3.23. The van der Waals surface area contributed by atoms with Crippen LogP contribution < -0.4 is 4.90 Å². The minimum Gasteiger partial charge on any atom is -0.352 e. The van der Waals surface area contributed by atoms with Gasteiger partial charge in [0.2, 0.25) is 11.8 Å². The van der Waals surface area contributed by atoms with E-state index in [0.29, 0.717) is 32.7 Å². The number of anilines is 1. The van der Waals surface area contributed by atoms with Crippen LogP contribution in [0, 0.1) is 5.92 Å². The van der Waals surface area contributed by atoms with E-state index >= 15 is 0 Å². The van der Waals surface area contributed by atoms with E-state index in [-0.39, 0.29) is 24.3 Å². The Kier molecular flexibility index (Phi) is 6.51. The van der Waals surface area contributed by atoms with Crippen LogP contribution in [0.5, 0.6) is 0 Å². The monoisotopic (exact) mass is 455 g/mol. The third kappa shape index (κ3) is 5.25. The molecule has 0 N–H and O–H groups in total. The van der Waals surface area contributed by atoms with Gasteiger partial charge in [0.05, 0.1) is 5.69 Å². The van der Waals surface area contributed by atoms with Gasteiger partial charge in [-0.3, -0.25) is 9.59 Å². The van der Waals surface area contributed by atoms with Gasteiger partial charge in [-0.1, -0.05) is 60.7 Å². The zero-order valence-electron chi connectivity index (χ0n) is 19.2. The summed E-state index contributed by atoms with van der Waals surface area (Å²) >= 11 is 0. The summed E-state index contributed by atoms with van der Waals surface area (Å²) in [4.78, 5) is 31.7. The van der Waals surface area contributed by atoms with Crippen molar-refractivity contribution in [2.45, 2.75) is 19.4 Å². The number of piperazine rings is 1. The minimum absolute atomic E-state index is 0.00934. The molecule has 174 valence electrons. The van der Waals surface area contributed by atoms with Gasteiger partial charge in [-0.15, -0.1) is 10.2 Å². The Hall–Kier alpha value is -3.74. The Balaban J connectivity index is 1.17. The quantitative estimate of drug-likeness (QED) is 0.547. The number of aromatic nitrogens is 2. The topological polar surface area (TPSA) is 69.6 Å². The molecule has 1 aromatic heterocycles. The summed E-state index contributed by atoms with van der Waals surface area (Å²) in [6.07, 6.45) is 1.86. The summed E-state index contributed by atoms with van der Waals surface area (Å²) in [5.74, 6) is 1.02. The van der Waals surface area contributed by atoms with Crippen LogP contribution in [-0.2, 0) is 16.1 Å². The number of hydrogen-bond acceptors (Lipinski definition) is 5. The lowest BCUT2D eigenvalue weighted by Crippen LogP contribution is -2.52. The Morgan fingerprint density at radius 2 is 1.50 bits per heavy atom. The summed E-state index contributed by atoms with van der Waals surface area (Å²) in [5.41, 5.74) is 2.93. The maximum Gasteiger partial charge on any atom is 0.242 e. The summed E-state index contributed by atoms with van der Waals surface area (Å²) in [6, 6.07) is 23.9. The number of benzene rings is 2. The van der Waals surface area contributed by atoms with Gasteiger partial charge in [-0.25, -0.2) is 0 Å². The first-order valence-corrected chi connectivity index (χ1v) is 11.9. The van der Waals surface area contributed by atoms with Gasteiger partial charge >= 0.3 is 0 Å². The molecule has 2 aliphatic rings. The SMILES string of the molecule is O=C(CN(Cc1ccccc1)C(=O)C1CC1)N1CCN(c2ccc(-c3ccccc3)nn2)CC1. The number of carbonyl (C=O) groups is 2. The third-order valence-corrected chi connectivity index (χ3v) is 6.46. The van der Waals surface area contributed by atoms with E-state index in [9.17, 15) is 9.59 Å². The van der Waals surface area contributed by atoms with Crippen molar-refractivity contribution in [3.05, 3.63) is 78.4 Å². The van der Waals surface area contributed by atoms with Crippen molar-refractivity contribution in [1.29, 1.82) is 0 Å². The van der Waals surface area contributed by atoms with E-state index in [1.807, 2.05) is 77.7 Å². The maximum atomic E-state index is 13.1. The lowest BCUT2D eigenvalue weighted by Gasteiger charge is -2.36. The molecule has 2 fully saturated rings. The number of rotatable bonds is 7. The van der Waals surface area contributed by atoms with Crippen LogP contribution in [0.25, 0.3) is 11.3 Å². The van der Waals surface area contributed by atoms with Crippen LogP contribution in [0.1, 0.15) is 18.4 Å². The number of nitrogens with zero attached hydrogens (tertiary/aromatic N) is 5. The Bertz CT molecular complexity index is 1110. The van der Waals surface area contributed by atoms with Crippen LogP contribution >= 0.6 is 0 Å². The van der Waals surface area contributed by atoms with Gasteiger partial charge in [-0.05, 0) is 30.5 Å². The van der Waals surface area contributed by atoms with E-state index in [0.717, 1.165) is 35.5 Å². The average molecular weight is 456 g/mol. The van der Waals surface area contributed by atoms with Gasteiger partial charge in [0, 0.05) is 44.2 Å². The molecule has 0 bridgehead atoms. The van der Waals surface area contributed by atoms with Crippen LogP contribution in [0.15, 0.2) is 72.8 Å². The molecule has 0 atom stereocenters. The van der Waals surface area contributed by atoms with Gasteiger partial charge in [0.15, 0.2) is 5.82 Å². The maximum absolute atomic E-state index is 13.1. The first-order chi connectivity index (χ1) is 16.7. The first-order valence-electron chi connectivity index (χ1n) is 11.9. The Labute approximate surface area is 200 Å². The van der Waals surface area contributed by atoms with E-state index in [4.69, 9.17) is 0 Å². The van der Waals surface area contributed by atoms with Crippen LogP contribution in [0.4, 0.5) is 5.82 Å². The van der Waals surface area contributed by atoms with Crippen molar-refractivity contribution in [3.63, 3.8) is 0 Å². The highest BCUT2D eigenvalue weighted by molar-refractivity contribution is 5.87. The number of amides is 2. The molecular weight excluding hydrogens is 426 g/mol. The van der Waals surface area contributed by atoms with Gasteiger partial charge < -0.3 is 14.7 Å². The van der Waals surface area contributed by atoms with Crippen molar-refractivity contribution >= 4 is 17.6 Å². The molecule has 1 saturated heterocycles. The molecule has 1 saturated carbocycles. The normalized spacial score (nSPS) is 15.8. The molecule has 34 heavy (non-hydrogen) atoms. The molecule has 1 aliphatic heterocycles. The molecule has 0 spiro atoms. The summed E-state index contributed by atoms with van der Waals surface area (Å²) in [5, 5.41) is 8.80. The minimum atomic E-state index is 0.00934. The molecule has 2 amide bonds. The van der Waals surface area contributed by atoms with E-state index in [1.165, 1.54) is 0 Å². The second-order valence-corrected chi connectivity index (χ2v) is 8.96. The second kappa shape index (κ2) is 10.0. The molecule has 5 rings (SSSR count). The van der Waals surface area contributed by atoms with Crippen LogP contribution in [0.3, 0.4) is 0 Å². The first kappa shape index (κ1) is 22.1. The predicted molar refractivity (Wildman–Crippen MR) is 131 cm³/mol. The molecule has 7 nitrogen and oxygen atoms in total. The van der Waals surface area contributed by atoms with E-state index in [2.05, 4.69) is 15.1 Å². The Morgan fingerprint density at radius 1 is 0.824 bits per heavy atom. The Morgan fingerprint density at radius 3 is 2.12 bits per heavy atom. The zero-order chi connectivity index (χ0) is 23.3. The van der Waals surface area contributed by atoms with Gasteiger partial charge in [0.25, 0.3) is 0 Å². The molecule has 1 aliphatic carbocycles. The highest BCUT2D eigenvalue weighted by Crippen LogP contribution is 2.31. The van der Waals surface area contributed by atoms with Crippen molar-refractivity contribution in [2.75, 3.05) is 37.6 Å². The standard InChI is InChI=1S/C27H29N5O2/c33-26(20-32(27(34)23-11-12-23)19-21-7-3-1-4-8-21)31-17-15-30(16-18-31)25-14-13-24(28-29-25)22-9-5-2-6-10-22/h1-10,13-14,23H,11-12,15-20H2. The molecule has 0 radical (unpaired) electrons. The number of carbonyl (C=O) groups excluding carboxylic acids is 2. The zero-order valence-corrected chi connectivity index (χ0v) is 19.2. The average Bonchev–Trinajstić information content (AvgIpc) is 3.75. The fraction of sp³-hybridized carbons (Fsp3) is 0.333. The fourth-order valence-corrected chi connectivity index (χ4v) is 4.31. The molecule has 7 heteroatoms. The van der Waals surface area contributed by atoms with Crippen LogP contribution in [0.2, 0.25) is 0 Å². The lowest BCUT2D eigenvalue weighted by atomic mass is 10.1. The molecule has 2 heterocycles. The van der Waals surface area contributed by atoms with Crippen molar-refractivity contribution in [1.82, 2.24) is 20.0 Å². The highest BCUT2D eigenvalue weighted by Gasteiger charge is 2.35. The van der Waals surface area contributed by atoms with E-state index in [1.54, 1.807) is 4.90 Å². The largest absolute Gasteiger partial charge is 0.352 e. The summed E-state index contributed by atoms with van der Waals surface area (Å²) in [6.45, 7) is 3.22. The molecule has 2 aromatic carbocycles. The fourth-order valence-electron chi connectivity index (χ4n) is 4.31. The van der Waals surface area contributed by atoms with Crippen LogP contribution in [-0.4, -0.2) is 64.5 Å². The smallest absolute Gasteiger partial charge is 0.242 e. The lowest BCUT2D eigenvalue weighted by molar-refractivity contribution is -0.142.